The summed E-state index contributed by atoms with van der Waals surface area (Å²) in [6, 6.07) is 8.70. The molecular formula is C14H22N6. The Morgan fingerprint density at radius 2 is 2.20 bits per heavy atom. The first-order chi connectivity index (χ1) is 9.65. The Balaban J connectivity index is 1.89. The number of aromatic amines is 1. The summed E-state index contributed by atoms with van der Waals surface area (Å²) in [7, 11) is 4.20. The van der Waals surface area contributed by atoms with E-state index in [1.54, 1.807) is 0 Å². The molecule has 0 fully saturated rings. The van der Waals surface area contributed by atoms with Crippen molar-refractivity contribution < 1.29 is 0 Å². The zero-order chi connectivity index (χ0) is 14.4. The number of hydrogen-bond acceptors (Lipinski definition) is 5. The van der Waals surface area contributed by atoms with E-state index in [0.717, 1.165) is 25.1 Å². The molecule has 1 atom stereocenters. The molecule has 6 nitrogen and oxygen atoms in total. The van der Waals surface area contributed by atoms with Gasteiger partial charge in [0.05, 0.1) is 0 Å². The molecule has 0 bridgehead atoms. The Morgan fingerprint density at radius 3 is 2.90 bits per heavy atom. The predicted octanol–water partition coefficient (Wildman–Crippen LogP) is 1.30. The van der Waals surface area contributed by atoms with Gasteiger partial charge in [-0.1, -0.05) is 18.2 Å². The smallest absolute Gasteiger partial charge is 0.204 e. The summed E-state index contributed by atoms with van der Waals surface area (Å²) in [5, 5.41) is 17.6. The zero-order valence-corrected chi connectivity index (χ0v) is 12.3. The number of aromatic nitrogens is 4. The van der Waals surface area contributed by atoms with Crippen molar-refractivity contribution in [3.8, 4) is 11.4 Å². The van der Waals surface area contributed by atoms with Gasteiger partial charge >= 0.3 is 0 Å². The van der Waals surface area contributed by atoms with Crippen LogP contribution in [0.15, 0.2) is 24.3 Å². The molecule has 1 heterocycles. The van der Waals surface area contributed by atoms with Gasteiger partial charge in [0.2, 0.25) is 5.82 Å². The van der Waals surface area contributed by atoms with Crippen LogP contribution in [-0.2, 0) is 6.54 Å². The van der Waals surface area contributed by atoms with E-state index in [4.69, 9.17) is 0 Å². The van der Waals surface area contributed by atoms with Gasteiger partial charge in [-0.05, 0) is 50.8 Å². The number of H-pyrrole nitrogens is 1. The van der Waals surface area contributed by atoms with E-state index < -0.39 is 0 Å². The van der Waals surface area contributed by atoms with E-state index >= 15 is 0 Å². The Labute approximate surface area is 119 Å². The first kappa shape index (κ1) is 14.6. The van der Waals surface area contributed by atoms with Gasteiger partial charge in [-0.2, -0.15) is 5.21 Å². The Kier molecular flexibility index (Phi) is 5.20. The maximum atomic E-state index is 4.00. The van der Waals surface area contributed by atoms with Crippen molar-refractivity contribution in [1.82, 2.24) is 30.8 Å². The zero-order valence-electron chi connectivity index (χ0n) is 12.3. The average Bonchev–Trinajstić information content (AvgIpc) is 2.97. The highest BCUT2D eigenvalue weighted by Gasteiger charge is 2.05. The summed E-state index contributed by atoms with van der Waals surface area (Å²) in [6.45, 7) is 4.16. The van der Waals surface area contributed by atoms with Crippen molar-refractivity contribution in [2.24, 2.45) is 0 Å². The molecule has 0 unspecified atom stereocenters. The number of nitrogens with one attached hydrogen (secondary N) is 2. The number of rotatable bonds is 7. The molecule has 0 saturated heterocycles. The van der Waals surface area contributed by atoms with Gasteiger partial charge < -0.3 is 10.2 Å². The van der Waals surface area contributed by atoms with Crippen molar-refractivity contribution in [3.63, 3.8) is 0 Å². The summed E-state index contributed by atoms with van der Waals surface area (Å²) in [5.74, 6) is 0.632. The number of benzene rings is 1. The third-order valence-corrected chi connectivity index (χ3v) is 3.19. The van der Waals surface area contributed by atoms with Crippen LogP contribution in [0.1, 0.15) is 18.9 Å². The molecular weight excluding hydrogens is 252 g/mol. The van der Waals surface area contributed by atoms with E-state index in [2.05, 4.69) is 64.0 Å². The van der Waals surface area contributed by atoms with E-state index in [1.165, 1.54) is 5.56 Å². The van der Waals surface area contributed by atoms with Gasteiger partial charge in [-0.3, -0.25) is 0 Å². The third-order valence-electron chi connectivity index (χ3n) is 3.19. The maximum absolute atomic E-state index is 4.00. The van der Waals surface area contributed by atoms with Gasteiger partial charge in [0.15, 0.2) is 0 Å². The lowest BCUT2D eigenvalue weighted by molar-refractivity contribution is 0.365. The van der Waals surface area contributed by atoms with E-state index in [9.17, 15) is 0 Å². The third kappa shape index (κ3) is 4.40. The normalized spacial score (nSPS) is 12.8. The molecule has 20 heavy (non-hydrogen) atoms. The molecule has 0 saturated carbocycles. The molecule has 1 aromatic heterocycles. The Bertz CT molecular complexity index is 508. The second kappa shape index (κ2) is 7.12. The minimum atomic E-state index is 0.492. The van der Waals surface area contributed by atoms with Gasteiger partial charge in [0.1, 0.15) is 0 Å². The Morgan fingerprint density at radius 1 is 1.35 bits per heavy atom. The molecule has 2 aromatic rings. The lowest BCUT2D eigenvalue weighted by atomic mass is 10.1. The summed E-state index contributed by atoms with van der Waals surface area (Å²) in [6.07, 6.45) is 1.14. The highest BCUT2D eigenvalue weighted by atomic mass is 15.5. The molecule has 0 aliphatic heterocycles. The molecule has 1 aromatic carbocycles. The van der Waals surface area contributed by atoms with Crippen molar-refractivity contribution in [1.29, 1.82) is 0 Å². The molecule has 2 rings (SSSR count). The molecule has 0 radical (unpaired) electrons. The molecule has 6 heteroatoms. The van der Waals surface area contributed by atoms with Gasteiger partial charge in [-0.25, -0.2) is 0 Å². The molecule has 2 N–H and O–H groups in total. The second-order valence-corrected chi connectivity index (χ2v) is 5.31. The number of tetrazole rings is 1. The number of nitrogens with zero attached hydrogens (tertiary/aromatic N) is 4. The highest BCUT2D eigenvalue weighted by Crippen LogP contribution is 2.14. The molecule has 0 amide bonds. The molecule has 0 aliphatic carbocycles. The van der Waals surface area contributed by atoms with Crippen molar-refractivity contribution in [2.45, 2.75) is 25.9 Å². The highest BCUT2D eigenvalue weighted by molar-refractivity contribution is 5.54. The minimum Gasteiger partial charge on any atom is -0.310 e. The molecule has 108 valence electrons. The van der Waals surface area contributed by atoms with Crippen LogP contribution in [-0.4, -0.2) is 52.2 Å². The summed E-state index contributed by atoms with van der Waals surface area (Å²) >= 11 is 0. The van der Waals surface area contributed by atoms with Gasteiger partial charge in [0.25, 0.3) is 0 Å². The van der Waals surface area contributed by atoms with Crippen molar-refractivity contribution in [2.75, 3.05) is 20.6 Å². The van der Waals surface area contributed by atoms with Gasteiger partial charge in [0, 0.05) is 18.2 Å². The first-order valence-corrected chi connectivity index (χ1v) is 6.86. The van der Waals surface area contributed by atoms with Crippen molar-refractivity contribution >= 4 is 0 Å². The van der Waals surface area contributed by atoms with Crippen molar-refractivity contribution in [3.05, 3.63) is 29.8 Å². The minimum absolute atomic E-state index is 0.492. The van der Waals surface area contributed by atoms with Gasteiger partial charge in [-0.15, -0.1) is 10.2 Å². The first-order valence-electron chi connectivity index (χ1n) is 6.86. The quantitative estimate of drug-likeness (QED) is 0.796. The fraction of sp³-hybridized carbons (Fsp3) is 0.500. The largest absolute Gasteiger partial charge is 0.310 e. The van der Waals surface area contributed by atoms with E-state index in [0.29, 0.717) is 11.9 Å². The number of hydrogen-bond donors (Lipinski definition) is 2. The monoisotopic (exact) mass is 274 g/mol. The maximum Gasteiger partial charge on any atom is 0.204 e. The fourth-order valence-electron chi connectivity index (χ4n) is 1.95. The van der Waals surface area contributed by atoms with E-state index in [-0.39, 0.29) is 0 Å². The van der Waals surface area contributed by atoms with Crippen LogP contribution in [0.2, 0.25) is 0 Å². The topological polar surface area (TPSA) is 69.7 Å². The van der Waals surface area contributed by atoms with Crippen LogP contribution in [0.25, 0.3) is 11.4 Å². The van der Waals surface area contributed by atoms with Crippen LogP contribution in [0.4, 0.5) is 0 Å². The standard InChI is InChI=1S/C14H22N6/c1-11(7-8-20(2)3)15-10-12-5-4-6-13(9-12)14-16-18-19-17-14/h4-6,9,11,15H,7-8,10H2,1-3H3,(H,16,17,18,19)/t11-/m1/s1. The Hall–Kier alpha value is -1.79. The molecule has 0 spiro atoms. The summed E-state index contributed by atoms with van der Waals surface area (Å²) in [5.41, 5.74) is 2.21. The predicted molar refractivity (Wildman–Crippen MR) is 79.1 cm³/mol. The van der Waals surface area contributed by atoms with Crippen LogP contribution < -0.4 is 5.32 Å². The summed E-state index contributed by atoms with van der Waals surface area (Å²) in [4.78, 5) is 2.20. The average molecular weight is 274 g/mol. The van der Waals surface area contributed by atoms with E-state index in [1.807, 2.05) is 12.1 Å². The molecule has 0 aliphatic rings. The fourth-order valence-corrected chi connectivity index (χ4v) is 1.95. The SMILES string of the molecule is C[C@H](CCN(C)C)NCc1cccc(-c2nn[nH]n2)c1. The lowest BCUT2D eigenvalue weighted by Gasteiger charge is -2.16. The lowest BCUT2D eigenvalue weighted by Crippen LogP contribution is -2.29. The van der Waals surface area contributed by atoms with Crippen LogP contribution in [0.3, 0.4) is 0 Å². The second-order valence-electron chi connectivity index (χ2n) is 5.31. The summed E-state index contributed by atoms with van der Waals surface area (Å²) < 4.78 is 0. The van der Waals surface area contributed by atoms with Crippen LogP contribution in [0, 0.1) is 0 Å². The van der Waals surface area contributed by atoms with Crippen LogP contribution >= 0.6 is 0 Å². The van der Waals surface area contributed by atoms with Crippen LogP contribution in [0.5, 0.6) is 0 Å².